The van der Waals surface area contributed by atoms with E-state index >= 15 is 0 Å². The zero-order valence-electron chi connectivity index (χ0n) is 10.9. The van der Waals surface area contributed by atoms with Crippen molar-refractivity contribution >= 4 is 5.69 Å². The largest absolute Gasteiger partial charge is 0.496 e. The van der Waals surface area contributed by atoms with Gasteiger partial charge < -0.3 is 10.1 Å². The topological polar surface area (TPSA) is 64.4 Å². The number of ether oxygens (including phenoxy) is 1. The van der Waals surface area contributed by atoms with Crippen molar-refractivity contribution < 1.29 is 22.8 Å². The van der Waals surface area contributed by atoms with E-state index in [1.165, 1.54) is 25.3 Å². The van der Waals surface area contributed by atoms with Gasteiger partial charge in [-0.25, -0.2) is 0 Å². The molecule has 0 aliphatic carbocycles. The van der Waals surface area contributed by atoms with Crippen LogP contribution in [0.15, 0.2) is 18.2 Å². The van der Waals surface area contributed by atoms with E-state index < -0.39 is 17.5 Å². The summed E-state index contributed by atoms with van der Waals surface area (Å²) >= 11 is 0. The number of rotatable bonds is 7. The van der Waals surface area contributed by atoms with Crippen LogP contribution in [0.4, 0.5) is 18.9 Å². The average molecular weight is 292 g/mol. The Morgan fingerprint density at radius 1 is 1.40 bits per heavy atom. The van der Waals surface area contributed by atoms with E-state index in [0.29, 0.717) is 11.3 Å². The highest BCUT2D eigenvalue weighted by Gasteiger charge is 2.25. The minimum Gasteiger partial charge on any atom is -0.496 e. The van der Waals surface area contributed by atoms with Crippen molar-refractivity contribution in [3.05, 3.63) is 33.9 Å². The van der Waals surface area contributed by atoms with Gasteiger partial charge in [0.25, 0.3) is 5.69 Å². The number of nitrogens with one attached hydrogen (secondary N) is 1. The van der Waals surface area contributed by atoms with Gasteiger partial charge in [-0.2, -0.15) is 13.2 Å². The number of nitro groups is 1. The molecule has 8 heteroatoms. The maximum atomic E-state index is 11.9. The molecule has 5 nitrogen and oxygen atoms in total. The summed E-state index contributed by atoms with van der Waals surface area (Å²) < 4.78 is 40.9. The lowest BCUT2D eigenvalue weighted by molar-refractivity contribution is -0.384. The maximum absolute atomic E-state index is 11.9. The first-order chi connectivity index (χ1) is 9.33. The molecule has 112 valence electrons. The molecule has 0 unspecified atom stereocenters. The monoisotopic (exact) mass is 292 g/mol. The molecule has 1 aromatic carbocycles. The van der Waals surface area contributed by atoms with E-state index in [0.717, 1.165) is 0 Å². The Hall–Kier alpha value is -1.83. The number of nitrogens with zero attached hydrogens (tertiary/aromatic N) is 1. The first-order valence-corrected chi connectivity index (χ1v) is 5.92. The summed E-state index contributed by atoms with van der Waals surface area (Å²) in [7, 11) is 1.42. The molecule has 0 aliphatic rings. The van der Waals surface area contributed by atoms with Gasteiger partial charge in [-0.05, 0) is 19.0 Å². The van der Waals surface area contributed by atoms with E-state index in [9.17, 15) is 23.3 Å². The summed E-state index contributed by atoms with van der Waals surface area (Å²) in [6.07, 6.45) is -5.06. The van der Waals surface area contributed by atoms with Crippen LogP contribution in [0.2, 0.25) is 0 Å². The molecule has 0 spiro atoms. The third kappa shape index (κ3) is 5.43. The third-order valence-electron chi connectivity index (χ3n) is 2.60. The molecule has 1 rings (SSSR count). The van der Waals surface area contributed by atoms with E-state index in [-0.39, 0.29) is 25.2 Å². The molecule has 0 atom stereocenters. The zero-order valence-corrected chi connectivity index (χ0v) is 10.9. The van der Waals surface area contributed by atoms with Crippen LogP contribution in [0.1, 0.15) is 18.4 Å². The van der Waals surface area contributed by atoms with Gasteiger partial charge in [0.05, 0.1) is 12.0 Å². The van der Waals surface area contributed by atoms with Gasteiger partial charge in [-0.3, -0.25) is 10.1 Å². The molecule has 1 aromatic rings. The minimum absolute atomic E-state index is 0.0409. The lowest BCUT2D eigenvalue weighted by Gasteiger charge is -2.10. The average Bonchev–Trinajstić information content (AvgIpc) is 2.36. The Kier molecular flexibility index (Phi) is 5.75. The fraction of sp³-hybridized carbons (Fsp3) is 0.500. The molecule has 1 N–H and O–H groups in total. The van der Waals surface area contributed by atoms with Crippen molar-refractivity contribution in [3.8, 4) is 5.75 Å². The van der Waals surface area contributed by atoms with Crippen LogP contribution in [0, 0.1) is 10.1 Å². The molecule has 0 saturated carbocycles. The summed E-state index contributed by atoms with van der Waals surface area (Å²) in [5, 5.41) is 13.5. The van der Waals surface area contributed by atoms with Crippen LogP contribution in [0.25, 0.3) is 0 Å². The minimum atomic E-state index is -4.16. The second kappa shape index (κ2) is 7.09. The molecule has 0 heterocycles. The maximum Gasteiger partial charge on any atom is 0.389 e. The first-order valence-electron chi connectivity index (χ1n) is 5.92. The van der Waals surface area contributed by atoms with Gasteiger partial charge >= 0.3 is 6.18 Å². The molecule has 0 amide bonds. The fourth-order valence-electron chi connectivity index (χ4n) is 1.65. The molecule has 0 bridgehead atoms. The van der Waals surface area contributed by atoms with Crippen molar-refractivity contribution in [2.24, 2.45) is 0 Å². The van der Waals surface area contributed by atoms with Gasteiger partial charge in [0, 0.05) is 30.7 Å². The van der Waals surface area contributed by atoms with Crippen LogP contribution in [-0.4, -0.2) is 24.8 Å². The molecule has 0 aliphatic heterocycles. The second-order valence-corrected chi connectivity index (χ2v) is 4.15. The number of non-ortho nitro benzene ring substituents is 1. The quantitative estimate of drug-likeness (QED) is 0.476. The highest BCUT2D eigenvalue weighted by molar-refractivity contribution is 5.43. The van der Waals surface area contributed by atoms with Crippen molar-refractivity contribution in [1.29, 1.82) is 0 Å². The van der Waals surface area contributed by atoms with Crippen molar-refractivity contribution in [3.63, 3.8) is 0 Å². The second-order valence-electron chi connectivity index (χ2n) is 4.15. The smallest absolute Gasteiger partial charge is 0.389 e. The Labute approximate surface area is 113 Å². The Morgan fingerprint density at radius 3 is 2.65 bits per heavy atom. The predicted octanol–water partition coefficient (Wildman–Crippen LogP) is 3.04. The predicted molar refractivity (Wildman–Crippen MR) is 66.6 cm³/mol. The van der Waals surface area contributed by atoms with E-state index in [4.69, 9.17) is 4.74 Å². The number of nitro benzene ring substituents is 1. The molecule has 0 saturated heterocycles. The summed E-state index contributed by atoms with van der Waals surface area (Å²) in [6.45, 7) is 0.383. The van der Waals surface area contributed by atoms with Gasteiger partial charge in [0.15, 0.2) is 0 Å². The first kappa shape index (κ1) is 16.2. The summed E-state index contributed by atoms with van der Waals surface area (Å²) in [5.41, 5.74) is 0.451. The van der Waals surface area contributed by atoms with Crippen molar-refractivity contribution in [2.45, 2.75) is 25.6 Å². The van der Waals surface area contributed by atoms with Gasteiger partial charge in [-0.15, -0.1) is 0 Å². The van der Waals surface area contributed by atoms with Crippen LogP contribution >= 0.6 is 0 Å². The van der Waals surface area contributed by atoms with Crippen molar-refractivity contribution in [1.82, 2.24) is 5.32 Å². The number of methoxy groups -OCH3 is 1. The van der Waals surface area contributed by atoms with Crippen LogP contribution in [-0.2, 0) is 6.54 Å². The summed E-state index contributed by atoms with van der Waals surface area (Å²) in [6, 6.07) is 4.12. The molecular weight excluding hydrogens is 277 g/mol. The van der Waals surface area contributed by atoms with Gasteiger partial charge in [0.2, 0.25) is 0 Å². The van der Waals surface area contributed by atoms with Crippen molar-refractivity contribution in [2.75, 3.05) is 13.7 Å². The lowest BCUT2D eigenvalue weighted by Crippen LogP contribution is -2.18. The van der Waals surface area contributed by atoms with Gasteiger partial charge in [-0.1, -0.05) is 0 Å². The van der Waals surface area contributed by atoms with Crippen LogP contribution < -0.4 is 10.1 Å². The highest BCUT2D eigenvalue weighted by Crippen LogP contribution is 2.24. The number of hydrogen-bond donors (Lipinski definition) is 1. The summed E-state index contributed by atoms with van der Waals surface area (Å²) in [5.74, 6) is 0.457. The normalized spacial score (nSPS) is 11.4. The number of hydrogen-bond acceptors (Lipinski definition) is 4. The molecule has 0 radical (unpaired) electrons. The number of benzene rings is 1. The van der Waals surface area contributed by atoms with E-state index in [1.807, 2.05) is 0 Å². The lowest BCUT2D eigenvalue weighted by atomic mass is 10.1. The van der Waals surface area contributed by atoms with E-state index in [2.05, 4.69) is 5.32 Å². The molecular formula is C12H15F3N2O3. The highest BCUT2D eigenvalue weighted by atomic mass is 19.4. The zero-order chi connectivity index (χ0) is 15.2. The molecule has 20 heavy (non-hydrogen) atoms. The molecule has 0 fully saturated rings. The van der Waals surface area contributed by atoms with Gasteiger partial charge in [0.1, 0.15) is 5.75 Å². The molecule has 0 aromatic heterocycles. The Bertz CT molecular complexity index is 464. The van der Waals surface area contributed by atoms with E-state index in [1.54, 1.807) is 0 Å². The summed E-state index contributed by atoms with van der Waals surface area (Å²) in [4.78, 5) is 10.1. The standard InChI is InChI=1S/C12H15F3N2O3/c1-20-11-4-3-10(17(18)19)7-9(11)8-16-6-2-5-12(13,14)15/h3-4,7,16H,2,5-6,8H2,1H3. The number of halogens is 3. The van der Waals surface area contributed by atoms with Crippen LogP contribution in [0.5, 0.6) is 5.75 Å². The third-order valence-corrected chi connectivity index (χ3v) is 2.60. The Morgan fingerprint density at radius 2 is 2.10 bits per heavy atom. The number of alkyl halides is 3. The van der Waals surface area contributed by atoms with Crippen LogP contribution in [0.3, 0.4) is 0 Å². The fourth-order valence-corrected chi connectivity index (χ4v) is 1.65. The Balaban J connectivity index is 2.53. The SMILES string of the molecule is COc1ccc([N+](=O)[O-])cc1CNCCCC(F)(F)F.